The topological polar surface area (TPSA) is 56.1 Å². The molecule has 0 saturated heterocycles. The molecule has 0 aliphatic heterocycles. The van der Waals surface area contributed by atoms with E-state index in [9.17, 15) is 10.1 Å². The summed E-state index contributed by atoms with van der Waals surface area (Å²) in [7, 11) is 1.82. The highest BCUT2D eigenvalue weighted by molar-refractivity contribution is 6.35. The summed E-state index contributed by atoms with van der Waals surface area (Å²) in [5.41, 5.74) is 0.0313. The van der Waals surface area contributed by atoms with Crippen LogP contribution in [0.1, 0.15) is 26.3 Å². The minimum Gasteiger partial charge on any atom is -0.337 e. The summed E-state index contributed by atoms with van der Waals surface area (Å²) in [6.45, 7) is 6.24. The molecule has 1 aromatic rings. The fourth-order valence-corrected chi connectivity index (χ4v) is 2.34. The Kier molecular flexibility index (Phi) is 6.67. The Morgan fingerprint density at radius 2 is 2.09 bits per heavy atom. The Hall–Kier alpha value is -1.28. The Labute approximate surface area is 142 Å². The van der Waals surface area contributed by atoms with Crippen LogP contribution in [0.4, 0.5) is 0 Å². The van der Waals surface area contributed by atoms with Crippen LogP contribution in [0.25, 0.3) is 0 Å². The van der Waals surface area contributed by atoms with Crippen molar-refractivity contribution < 1.29 is 4.79 Å². The first-order valence-electron chi connectivity index (χ1n) is 7.02. The summed E-state index contributed by atoms with van der Waals surface area (Å²) in [5.74, 6) is -0.164. The zero-order valence-corrected chi connectivity index (χ0v) is 14.8. The molecule has 1 rings (SSSR count). The third-order valence-corrected chi connectivity index (χ3v) is 4.24. The molecule has 0 fully saturated rings. The number of likely N-dealkylation sites (N-methyl/N-ethyl adjacent to an activating group) is 1. The van der Waals surface area contributed by atoms with Crippen LogP contribution < -0.4 is 5.32 Å². The summed E-state index contributed by atoms with van der Waals surface area (Å²) in [6.07, 6.45) is 0. The van der Waals surface area contributed by atoms with Gasteiger partial charge in [0.05, 0.1) is 12.6 Å². The zero-order valence-electron chi connectivity index (χ0n) is 13.3. The molecule has 22 heavy (non-hydrogen) atoms. The normalized spacial score (nSPS) is 13.8. The number of carbonyl (C=O) groups is 1. The summed E-state index contributed by atoms with van der Waals surface area (Å²) in [4.78, 5) is 13.9. The number of hydrogen-bond donors (Lipinski definition) is 1. The number of hydrogen-bond acceptors (Lipinski definition) is 3. The van der Waals surface area contributed by atoms with Gasteiger partial charge in [-0.25, -0.2) is 0 Å². The van der Waals surface area contributed by atoms with E-state index in [0.717, 1.165) is 5.56 Å². The number of carbonyl (C=O) groups excluding carboxylic acids is 1. The van der Waals surface area contributed by atoms with Crippen molar-refractivity contribution in [3.63, 3.8) is 0 Å². The Bertz CT molecular complexity index is 583. The van der Waals surface area contributed by atoms with Gasteiger partial charge >= 0.3 is 0 Å². The molecule has 6 heteroatoms. The van der Waals surface area contributed by atoms with Gasteiger partial charge in [-0.3, -0.25) is 9.69 Å². The van der Waals surface area contributed by atoms with Crippen molar-refractivity contribution in [3.05, 3.63) is 33.8 Å². The Morgan fingerprint density at radius 3 is 2.59 bits per heavy atom. The van der Waals surface area contributed by atoms with Crippen molar-refractivity contribution in [2.45, 2.75) is 32.9 Å². The lowest BCUT2D eigenvalue weighted by Crippen LogP contribution is -2.51. The van der Waals surface area contributed by atoms with Crippen molar-refractivity contribution in [2.24, 2.45) is 5.92 Å². The molecule has 0 bridgehead atoms. The van der Waals surface area contributed by atoms with Gasteiger partial charge in [-0.15, -0.1) is 0 Å². The molecule has 0 unspecified atom stereocenters. The van der Waals surface area contributed by atoms with Crippen LogP contribution in [0, 0.1) is 17.2 Å². The predicted molar refractivity (Wildman–Crippen MR) is 89.8 cm³/mol. The second kappa shape index (κ2) is 7.82. The highest BCUT2D eigenvalue weighted by Gasteiger charge is 2.30. The zero-order chi connectivity index (χ0) is 16.9. The summed E-state index contributed by atoms with van der Waals surface area (Å²) >= 11 is 12.0. The molecule has 1 aromatic carbocycles. The molecule has 0 aromatic heterocycles. The van der Waals surface area contributed by atoms with Gasteiger partial charge in [0.25, 0.3) is 0 Å². The van der Waals surface area contributed by atoms with Gasteiger partial charge in [0.2, 0.25) is 5.91 Å². The number of benzene rings is 1. The molecule has 0 aliphatic rings. The van der Waals surface area contributed by atoms with E-state index < -0.39 is 5.54 Å². The van der Waals surface area contributed by atoms with E-state index in [0.29, 0.717) is 16.6 Å². The van der Waals surface area contributed by atoms with E-state index in [2.05, 4.69) is 11.4 Å². The number of nitrogens with zero attached hydrogens (tertiary/aromatic N) is 2. The lowest BCUT2D eigenvalue weighted by atomic mass is 9.90. The second-order valence-electron chi connectivity index (χ2n) is 5.93. The molecule has 1 amide bonds. The standard InChI is InChI=1S/C16H21Cl2N3O/c1-11(2)16(3,10-19)20-15(22)9-21(4)8-12-5-6-13(17)7-14(12)18/h5-7,11H,8-9H2,1-4H3,(H,20,22)/t16-/m0/s1. The van der Waals surface area contributed by atoms with Crippen LogP contribution in [0.5, 0.6) is 0 Å². The SMILES string of the molecule is CC(C)[C@](C)(C#N)NC(=O)CN(C)Cc1ccc(Cl)cc1Cl. The molecule has 120 valence electrons. The monoisotopic (exact) mass is 341 g/mol. The van der Waals surface area contributed by atoms with Gasteiger partial charge in [0, 0.05) is 16.6 Å². The van der Waals surface area contributed by atoms with E-state index in [1.807, 2.05) is 31.9 Å². The maximum absolute atomic E-state index is 12.1. The molecule has 0 heterocycles. The van der Waals surface area contributed by atoms with Crippen LogP contribution in [0.3, 0.4) is 0 Å². The first-order chi connectivity index (χ1) is 10.2. The van der Waals surface area contributed by atoms with Crippen LogP contribution in [0.15, 0.2) is 18.2 Å². The Balaban J connectivity index is 2.63. The summed E-state index contributed by atoms with van der Waals surface area (Å²) < 4.78 is 0. The average molecular weight is 342 g/mol. The van der Waals surface area contributed by atoms with Gasteiger partial charge in [-0.05, 0) is 37.6 Å². The quantitative estimate of drug-likeness (QED) is 0.861. The van der Waals surface area contributed by atoms with Crippen LogP contribution >= 0.6 is 23.2 Å². The fourth-order valence-electron chi connectivity index (χ4n) is 1.87. The molecule has 0 saturated carbocycles. The van der Waals surface area contributed by atoms with Crippen molar-refractivity contribution in [3.8, 4) is 6.07 Å². The summed E-state index contributed by atoms with van der Waals surface area (Å²) in [5, 5.41) is 13.2. The lowest BCUT2D eigenvalue weighted by Gasteiger charge is -2.28. The first-order valence-corrected chi connectivity index (χ1v) is 7.78. The molecule has 1 N–H and O–H groups in total. The van der Waals surface area contributed by atoms with Crippen molar-refractivity contribution in [2.75, 3.05) is 13.6 Å². The minimum absolute atomic E-state index is 0.0254. The van der Waals surface area contributed by atoms with Crippen LogP contribution in [0.2, 0.25) is 10.0 Å². The number of nitrogens with one attached hydrogen (secondary N) is 1. The maximum Gasteiger partial charge on any atom is 0.235 e. The van der Waals surface area contributed by atoms with Crippen LogP contribution in [-0.2, 0) is 11.3 Å². The molecule has 1 atom stereocenters. The van der Waals surface area contributed by atoms with Gasteiger partial charge in [0.15, 0.2) is 0 Å². The number of nitriles is 1. The fraction of sp³-hybridized carbons (Fsp3) is 0.500. The van der Waals surface area contributed by atoms with E-state index in [1.165, 1.54) is 0 Å². The number of rotatable bonds is 6. The molecule has 0 radical (unpaired) electrons. The van der Waals surface area contributed by atoms with E-state index in [-0.39, 0.29) is 18.4 Å². The smallest absolute Gasteiger partial charge is 0.235 e. The van der Waals surface area contributed by atoms with Crippen molar-refractivity contribution >= 4 is 29.1 Å². The van der Waals surface area contributed by atoms with Gasteiger partial charge in [-0.1, -0.05) is 43.1 Å². The third-order valence-electron chi connectivity index (χ3n) is 3.65. The highest BCUT2D eigenvalue weighted by atomic mass is 35.5. The van der Waals surface area contributed by atoms with Crippen LogP contribution in [-0.4, -0.2) is 29.9 Å². The van der Waals surface area contributed by atoms with Crippen molar-refractivity contribution in [1.29, 1.82) is 5.26 Å². The number of halogens is 2. The molecular weight excluding hydrogens is 321 g/mol. The molecular formula is C16H21Cl2N3O. The van der Waals surface area contributed by atoms with Gasteiger partial charge < -0.3 is 5.32 Å². The summed E-state index contributed by atoms with van der Waals surface area (Å²) in [6, 6.07) is 7.45. The second-order valence-corrected chi connectivity index (χ2v) is 6.77. The van der Waals surface area contributed by atoms with E-state index >= 15 is 0 Å². The largest absolute Gasteiger partial charge is 0.337 e. The van der Waals surface area contributed by atoms with E-state index in [1.54, 1.807) is 19.1 Å². The lowest BCUT2D eigenvalue weighted by molar-refractivity contribution is -0.123. The molecule has 0 spiro atoms. The highest BCUT2D eigenvalue weighted by Crippen LogP contribution is 2.22. The first kappa shape index (κ1) is 18.8. The third kappa shape index (κ3) is 5.17. The van der Waals surface area contributed by atoms with Gasteiger partial charge in [-0.2, -0.15) is 5.26 Å². The Morgan fingerprint density at radius 1 is 1.45 bits per heavy atom. The molecule has 4 nitrogen and oxygen atoms in total. The van der Waals surface area contributed by atoms with Crippen molar-refractivity contribution in [1.82, 2.24) is 10.2 Å². The minimum atomic E-state index is -0.865. The van der Waals surface area contributed by atoms with E-state index in [4.69, 9.17) is 23.2 Å². The predicted octanol–water partition coefficient (Wildman–Crippen LogP) is 3.48. The molecule has 0 aliphatic carbocycles. The maximum atomic E-state index is 12.1. The van der Waals surface area contributed by atoms with Gasteiger partial charge in [0.1, 0.15) is 5.54 Å². The average Bonchev–Trinajstić information content (AvgIpc) is 2.41. The number of amides is 1.